The van der Waals surface area contributed by atoms with Crippen LogP contribution in [-0.4, -0.2) is 29.3 Å². The number of aromatic nitrogens is 2. The van der Waals surface area contributed by atoms with Crippen molar-refractivity contribution in [3.63, 3.8) is 0 Å². The Morgan fingerprint density at radius 2 is 1.47 bits per heavy atom. The minimum atomic E-state index is -3.93. The molecule has 4 rings (SSSR count). The van der Waals surface area contributed by atoms with Crippen molar-refractivity contribution >= 4 is 32.7 Å². The van der Waals surface area contributed by atoms with E-state index in [9.17, 15) is 18.3 Å². The van der Waals surface area contributed by atoms with Gasteiger partial charge in [0.25, 0.3) is 10.0 Å². The number of carbonyl (C=O) groups is 1. The van der Waals surface area contributed by atoms with Gasteiger partial charge in [0, 0.05) is 12.8 Å². The maximum atomic E-state index is 13.0. The fraction of sp³-hybridized carbons (Fsp3) is 0.125. The zero-order valence-electron chi connectivity index (χ0n) is 17.3. The van der Waals surface area contributed by atoms with E-state index in [1.165, 1.54) is 19.1 Å². The molecule has 32 heavy (non-hydrogen) atoms. The molecule has 8 heteroatoms. The molecule has 3 aromatic carbocycles. The molecule has 162 valence electrons. The van der Waals surface area contributed by atoms with Gasteiger partial charge in [-0.05, 0) is 54.4 Å². The lowest BCUT2D eigenvalue weighted by atomic mass is 10.1. The standard InChI is InChI=1S/C24H21N3O4S/c1-16(28)14-17-8-12-20(13-9-17)32(30,31)27-24-23(15-18-6-10-19(29)11-7-18)25-21-4-2-3-5-22(21)26-24/h2-13,29H,14-15H2,1H3,(H,26,27). The lowest BCUT2D eigenvalue weighted by molar-refractivity contribution is -0.116. The summed E-state index contributed by atoms with van der Waals surface area (Å²) in [5, 5.41) is 9.53. The van der Waals surface area contributed by atoms with Gasteiger partial charge in [-0.2, -0.15) is 0 Å². The Balaban J connectivity index is 1.70. The SMILES string of the molecule is CC(=O)Cc1ccc(S(=O)(=O)Nc2nc3ccccc3nc2Cc2ccc(O)cc2)cc1. The number of nitrogens with zero attached hydrogens (tertiary/aromatic N) is 2. The van der Waals surface area contributed by atoms with Gasteiger partial charge < -0.3 is 5.11 Å². The summed E-state index contributed by atoms with van der Waals surface area (Å²) in [6.45, 7) is 1.49. The molecule has 0 aliphatic rings. The molecule has 2 N–H and O–H groups in total. The molecule has 0 fully saturated rings. The van der Waals surface area contributed by atoms with E-state index in [4.69, 9.17) is 0 Å². The molecule has 0 spiro atoms. The first kappa shape index (κ1) is 21.5. The minimum Gasteiger partial charge on any atom is -0.508 e. The fourth-order valence-electron chi connectivity index (χ4n) is 3.31. The van der Waals surface area contributed by atoms with Crippen molar-refractivity contribution in [2.45, 2.75) is 24.7 Å². The zero-order valence-corrected chi connectivity index (χ0v) is 18.1. The second-order valence-corrected chi connectivity index (χ2v) is 9.16. The highest BCUT2D eigenvalue weighted by atomic mass is 32.2. The second-order valence-electron chi connectivity index (χ2n) is 7.48. The van der Waals surface area contributed by atoms with Crippen LogP contribution in [0.4, 0.5) is 5.82 Å². The number of ketones is 1. The Labute approximate surface area is 185 Å². The molecule has 0 amide bonds. The number of benzene rings is 3. The van der Waals surface area contributed by atoms with Crippen LogP contribution >= 0.6 is 0 Å². The van der Waals surface area contributed by atoms with E-state index in [0.29, 0.717) is 23.1 Å². The number of sulfonamides is 1. The number of hydrogen-bond donors (Lipinski definition) is 2. The van der Waals surface area contributed by atoms with Crippen molar-refractivity contribution < 1.29 is 18.3 Å². The van der Waals surface area contributed by atoms with Crippen LogP contribution in [0.15, 0.2) is 77.7 Å². The Morgan fingerprint density at radius 3 is 2.09 bits per heavy atom. The average molecular weight is 448 g/mol. The van der Waals surface area contributed by atoms with Gasteiger partial charge in [-0.3, -0.25) is 9.52 Å². The number of Topliss-reactive ketones (excluding diaryl/α,β-unsaturated/α-hetero) is 1. The summed E-state index contributed by atoms with van der Waals surface area (Å²) in [6.07, 6.45) is 0.578. The third kappa shape index (κ3) is 4.92. The van der Waals surface area contributed by atoms with Crippen molar-refractivity contribution in [3.05, 3.63) is 89.6 Å². The van der Waals surface area contributed by atoms with Gasteiger partial charge in [0.2, 0.25) is 0 Å². The topological polar surface area (TPSA) is 109 Å². The summed E-state index contributed by atoms with van der Waals surface area (Å²) in [4.78, 5) is 20.5. The molecule has 0 bridgehead atoms. The number of aromatic hydroxyl groups is 1. The first-order chi connectivity index (χ1) is 15.3. The van der Waals surface area contributed by atoms with E-state index in [-0.39, 0.29) is 28.7 Å². The minimum absolute atomic E-state index is 0.00374. The molecular formula is C24H21N3O4S. The average Bonchev–Trinajstić information content (AvgIpc) is 2.75. The maximum absolute atomic E-state index is 13.0. The molecule has 7 nitrogen and oxygen atoms in total. The maximum Gasteiger partial charge on any atom is 0.263 e. The molecule has 0 aliphatic heterocycles. The monoisotopic (exact) mass is 447 g/mol. The van der Waals surface area contributed by atoms with Crippen LogP contribution in [-0.2, 0) is 27.7 Å². The zero-order chi connectivity index (χ0) is 22.7. The van der Waals surface area contributed by atoms with Crippen LogP contribution in [0, 0.1) is 0 Å². The number of phenolic OH excluding ortho intramolecular Hbond substituents is 1. The predicted octanol–water partition coefficient (Wildman–Crippen LogP) is 3.86. The number of hydrogen-bond acceptors (Lipinski definition) is 6. The predicted molar refractivity (Wildman–Crippen MR) is 122 cm³/mol. The molecular weight excluding hydrogens is 426 g/mol. The Kier molecular flexibility index (Phi) is 5.87. The van der Waals surface area contributed by atoms with E-state index >= 15 is 0 Å². The Bertz CT molecular complexity index is 1380. The smallest absolute Gasteiger partial charge is 0.263 e. The summed E-state index contributed by atoms with van der Waals surface area (Å²) < 4.78 is 28.7. The first-order valence-corrected chi connectivity index (χ1v) is 11.4. The van der Waals surface area contributed by atoms with Crippen molar-refractivity contribution in [1.82, 2.24) is 9.97 Å². The van der Waals surface area contributed by atoms with E-state index in [1.807, 2.05) is 18.2 Å². The number of phenols is 1. The van der Waals surface area contributed by atoms with Crippen LogP contribution in [0.3, 0.4) is 0 Å². The Morgan fingerprint density at radius 1 is 0.875 bits per heavy atom. The highest BCUT2D eigenvalue weighted by Crippen LogP contribution is 2.24. The second kappa shape index (κ2) is 8.76. The quantitative estimate of drug-likeness (QED) is 0.445. The van der Waals surface area contributed by atoms with Crippen molar-refractivity contribution in [2.75, 3.05) is 4.72 Å². The summed E-state index contributed by atoms with van der Waals surface area (Å²) in [5.74, 6) is 0.293. The van der Waals surface area contributed by atoms with Crippen LogP contribution in [0.1, 0.15) is 23.7 Å². The first-order valence-electron chi connectivity index (χ1n) is 9.95. The van der Waals surface area contributed by atoms with E-state index in [0.717, 1.165) is 11.1 Å². The lowest BCUT2D eigenvalue weighted by Crippen LogP contribution is -2.16. The summed E-state index contributed by atoms with van der Waals surface area (Å²) in [7, 11) is -3.93. The molecule has 1 heterocycles. The third-order valence-corrected chi connectivity index (χ3v) is 6.22. The van der Waals surface area contributed by atoms with Crippen molar-refractivity contribution in [3.8, 4) is 5.75 Å². The van der Waals surface area contributed by atoms with E-state index in [2.05, 4.69) is 14.7 Å². The van der Waals surface area contributed by atoms with E-state index in [1.54, 1.807) is 42.5 Å². The highest BCUT2D eigenvalue weighted by Gasteiger charge is 2.19. The van der Waals surface area contributed by atoms with Crippen LogP contribution < -0.4 is 4.72 Å². The number of para-hydroxylation sites is 2. The molecule has 1 aromatic heterocycles. The largest absolute Gasteiger partial charge is 0.508 e. The highest BCUT2D eigenvalue weighted by molar-refractivity contribution is 7.92. The van der Waals surface area contributed by atoms with Gasteiger partial charge in [-0.1, -0.05) is 36.4 Å². The van der Waals surface area contributed by atoms with E-state index < -0.39 is 10.0 Å². The van der Waals surface area contributed by atoms with Crippen molar-refractivity contribution in [1.29, 1.82) is 0 Å². The number of anilines is 1. The van der Waals surface area contributed by atoms with Gasteiger partial charge in [0.05, 0.1) is 21.6 Å². The third-order valence-electron chi connectivity index (χ3n) is 4.87. The van der Waals surface area contributed by atoms with Gasteiger partial charge in [-0.25, -0.2) is 18.4 Å². The molecule has 0 radical (unpaired) electrons. The molecule has 0 aliphatic carbocycles. The number of carbonyl (C=O) groups excluding carboxylic acids is 1. The molecule has 0 saturated heterocycles. The van der Waals surface area contributed by atoms with Crippen LogP contribution in [0.25, 0.3) is 11.0 Å². The normalized spacial score (nSPS) is 11.4. The van der Waals surface area contributed by atoms with Gasteiger partial charge in [-0.15, -0.1) is 0 Å². The number of fused-ring (bicyclic) bond motifs is 1. The lowest BCUT2D eigenvalue weighted by Gasteiger charge is -2.13. The van der Waals surface area contributed by atoms with Crippen LogP contribution in [0.5, 0.6) is 5.75 Å². The Hall–Kier alpha value is -3.78. The summed E-state index contributed by atoms with van der Waals surface area (Å²) >= 11 is 0. The van der Waals surface area contributed by atoms with Crippen molar-refractivity contribution in [2.24, 2.45) is 0 Å². The fourth-order valence-corrected chi connectivity index (χ4v) is 4.34. The summed E-state index contributed by atoms with van der Waals surface area (Å²) in [5.41, 5.74) is 3.27. The molecule has 0 atom stereocenters. The molecule has 4 aromatic rings. The molecule has 0 saturated carbocycles. The molecule has 0 unspecified atom stereocenters. The van der Waals surface area contributed by atoms with Crippen LogP contribution in [0.2, 0.25) is 0 Å². The van der Waals surface area contributed by atoms with Gasteiger partial charge in [0.15, 0.2) is 5.82 Å². The summed E-state index contributed by atoms with van der Waals surface area (Å²) in [6, 6.07) is 20.0. The number of nitrogens with one attached hydrogen (secondary N) is 1. The van der Waals surface area contributed by atoms with Gasteiger partial charge >= 0.3 is 0 Å². The van der Waals surface area contributed by atoms with Gasteiger partial charge in [0.1, 0.15) is 11.5 Å². The number of rotatable bonds is 7.